The Kier molecular flexibility index (Phi) is 5.07. The molecule has 1 unspecified atom stereocenters. The molecule has 0 bridgehead atoms. The molecule has 0 saturated carbocycles. The monoisotopic (exact) mass is 365 g/mol. The van der Waals surface area contributed by atoms with E-state index < -0.39 is 0 Å². The van der Waals surface area contributed by atoms with Crippen LogP contribution in [0.3, 0.4) is 0 Å². The number of furan rings is 1. The maximum Gasteiger partial charge on any atom is 0.273 e. The zero-order valence-corrected chi connectivity index (χ0v) is 15.4. The van der Waals surface area contributed by atoms with Gasteiger partial charge < -0.3 is 14.3 Å². The molecular formula is C21H23N3O3. The molecule has 1 aliphatic heterocycles. The number of carbonyl (C=O) groups is 1. The Hall–Kier alpha value is -2.86. The summed E-state index contributed by atoms with van der Waals surface area (Å²) in [6, 6.07) is 15.3. The van der Waals surface area contributed by atoms with E-state index in [-0.39, 0.29) is 17.6 Å². The molecule has 4 rings (SSSR count). The van der Waals surface area contributed by atoms with Crippen LogP contribution in [0.2, 0.25) is 0 Å². The van der Waals surface area contributed by atoms with Crippen molar-refractivity contribution < 1.29 is 13.7 Å². The summed E-state index contributed by atoms with van der Waals surface area (Å²) in [5.74, 6) is 2.11. The van der Waals surface area contributed by atoms with Gasteiger partial charge in [-0.25, -0.2) is 0 Å². The fraction of sp³-hybridized carbons (Fsp3) is 0.333. The molecular weight excluding hydrogens is 342 g/mol. The SMILES string of the molecule is Cc1ccc(C(CNC(=O)c2cc(-c3ccccc3)on2)N2CCCC2)o1. The zero-order valence-electron chi connectivity index (χ0n) is 15.4. The van der Waals surface area contributed by atoms with Crippen LogP contribution in [0.1, 0.15) is 40.9 Å². The molecule has 1 amide bonds. The Labute approximate surface area is 158 Å². The van der Waals surface area contributed by atoms with E-state index in [0.29, 0.717) is 12.3 Å². The third-order valence-corrected chi connectivity index (χ3v) is 4.93. The lowest BCUT2D eigenvalue weighted by Gasteiger charge is -2.25. The van der Waals surface area contributed by atoms with Gasteiger partial charge in [-0.15, -0.1) is 0 Å². The first-order valence-corrected chi connectivity index (χ1v) is 9.31. The molecule has 27 heavy (non-hydrogen) atoms. The van der Waals surface area contributed by atoms with E-state index in [9.17, 15) is 4.79 Å². The predicted octanol–water partition coefficient (Wildman–Crippen LogP) is 3.81. The van der Waals surface area contributed by atoms with Gasteiger partial charge in [0.15, 0.2) is 11.5 Å². The first kappa shape index (κ1) is 17.5. The molecule has 6 heteroatoms. The van der Waals surface area contributed by atoms with Crippen molar-refractivity contribution in [2.75, 3.05) is 19.6 Å². The van der Waals surface area contributed by atoms with Crippen LogP contribution in [0.25, 0.3) is 11.3 Å². The van der Waals surface area contributed by atoms with E-state index in [1.807, 2.05) is 49.4 Å². The first-order valence-electron chi connectivity index (χ1n) is 9.31. The van der Waals surface area contributed by atoms with Crippen molar-refractivity contribution in [3.05, 3.63) is 65.7 Å². The number of nitrogens with zero attached hydrogens (tertiary/aromatic N) is 2. The van der Waals surface area contributed by atoms with Crippen LogP contribution >= 0.6 is 0 Å². The first-order chi connectivity index (χ1) is 13.2. The topological polar surface area (TPSA) is 71.5 Å². The van der Waals surface area contributed by atoms with Gasteiger partial charge in [0.25, 0.3) is 5.91 Å². The summed E-state index contributed by atoms with van der Waals surface area (Å²) in [7, 11) is 0. The number of benzene rings is 1. The number of rotatable bonds is 6. The van der Waals surface area contributed by atoms with Crippen LogP contribution in [0, 0.1) is 6.92 Å². The Morgan fingerprint density at radius 2 is 1.96 bits per heavy atom. The molecule has 1 aromatic carbocycles. The molecule has 0 radical (unpaired) electrons. The molecule has 0 aliphatic carbocycles. The molecule has 3 heterocycles. The fourth-order valence-electron chi connectivity index (χ4n) is 3.50. The number of aryl methyl sites for hydroxylation is 1. The van der Waals surface area contributed by atoms with Gasteiger partial charge in [-0.3, -0.25) is 9.69 Å². The van der Waals surface area contributed by atoms with Crippen molar-refractivity contribution in [1.82, 2.24) is 15.4 Å². The summed E-state index contributed by atoms with van der Waals surface area (Å²) in [6.07, 6.45) is 2.35. The summed E-state index contributed by atoms with van der Waals surface area (Å²) < 4.78 is 11.2. The minimum Gasteiger partial charge on any atom is -0.465 e. The average molecular weight is 365 g/mol. The Balaban J connectivity index is 1.44. The van der Waals surface area contributed by atoms with E-state index in [1.54, 1.807) is 6.07 Å². The summed E-state index contributed by atoms with van der Waals surface area (Å²) >= 11 is 0. The van der Waals surface area contributed by atoms with Crippen molar-refractivity contribution in [2.45, 2.75) is 25.8 Å². The van der Waals surface area contributed by atoms with Gasteiger partial charge in [-0.1, -0.05) is 35.5 Å². The van der Waals surface area contributed by atoms with E-state index in [1.165, 1.54) is 12.8 Å². The third kappa shape index (κ3) is 3.95. The molecule has 140 valence electrons. The summed E-state index contributed by atoms with van der Waals surface area (Å²) in [5, 5.41) is 6.91. The minimum absolute atomic E-state index is 0.0330. The van der Waals surface area contributed by atoms with Crippen LogP contribution < -0.4 is 5.32 Å². The highest BCUT2D eigenvalue weighted by molar-refractivity contribution is 5.93. The lowest BCUT2D eigenvalue weighted by atomic mass is 10.1. The van der Waals surface area contributed by atoms with Gasteiger partial charge in [-0.05, 0) is 45.0 Å². The molecule has 1 saturated heterocycles. The van der Waals surface area contributed by atoms with Crippen LogP contribution in [-0.4, -0.2) is 35.6 Å². The van der Waals surface area contributed by atoms with Crippen molar-refractivity contribution in [3.63, 3.8) is 0 Å². The van der Waals surface area contributed by atoms with Crippen molar-refractivity contribution >= 4 is 5.91 Å². The van der Waals surface area contributed by atoms with E-state index in [0.717, 1.165) is 30.2 Å². The number of carbonyl (C=O) groups excluding carboxylic acids is 1. The van der Waals surface area contributed by atoms with Crippen molar-refractivity contribution in [3.8, 4) is 11.3 Å². The zero-order chi connectivity index (χ0) is 18.6. The highest BCUT2D eigenvalue weighted by Crippen LogP contribution is 2.26. The third-order valence-electron chi connectivity index (χ3n) is 4.93. The van der Waals surface area contributed by atoms with Crippen LogP contribution in [0.5, 0.6) is 0 Å². The van der Waals surface area contributed by atoms with Gasteiger partial charge in [-0.2, -0.15) is 0 Å². The summed E-state index contributed by atoms with van der Waals surface area (Å²) in [4.78, 5) is 14.9. The standard InChI is InChI=1S/C21H23N3O3/c1-15-9-10-19(26-15)18(24-11-5-6-12-24)14-22-21(25)17-13-20(27-23-17)16-7-3-2-4-8-16/h2-4,7-10,13,18H,5-6,11-12,14H2,1H3,(H,22,25). The van der Waals surface area contributed by atoms with Gasteiger partial charge in [0, 0.05) is 18.2 Å². The maximum absolute atomic E-state index is 12.6. The Bertz CT molecular complexity index is 894. The number of hydrogen-bond acceptors (Lipinski definition) is 5. The van der Waals surface area contributed by atoms with Crippen molar-refractivity contribution in [1.29, 1.82) is 0 Å². The van der Waals surface area contributed by atoms with Gasteiger partial charge >= 0.3 is 0 Å². The lowest BCUT2D eigenvalue weighted by Crippen LogP contribution is -2.36. The van der Waals surface area contributed by atoms with Crippen LogP contribution in [0.4, 0.5) is 0 Å². The normalized spacial score (nSPS) is 15.7. The van der Waals surface area contributed by atoms with Crippen LogP contribution in [-0.2, 0) is 0 Å². The maximum atomic E-state index is 12.6. The predicted molar refractivity (Wildman–Crippen MR) is 101 cm³/mol. The fourth-order valence-corrected chi connectivity index (χ4v) is 3.50. The molecule has 6 nitrogen and oxygen atoms in total. The smallest absolute Gasteiger partial charge is 0.273 e. The van der Waals surface area contributed by atoms with E-state index in [2.05, 4.69) is 15.4 Å². The van der Waals surface area contributed by atoms with E-state index >= 15 is 0 Å². The number of hydrogen-bond donors (Lipinski definition) is 1. The second-order valence-corrected chi connectivity index (χ2v) is 6.86. The number of likely N-dealkylation sites (tertiary alicyclic amines) is 1. The average Bonchev–Trinajstić information content (AvgIpc) is 3.45. The van der Waals surface area contributed by atoms with Gasteiger partial charge in [0.05, 0.1) is 6.04 Å². The number of amides is 1. The van der Waals surface area contributed by atoms with E-state index in [4.69, 9.17) is 8.94 Å². The highest BCUT2D eigenvalue weighted by atomic mass is 16.5. The number of nitrogens with one attached hydrogen (secondary N) is 1. The molecule has 2 aromatic heterocycles. The second-order valence-electron chi connectivity index (χ2n) is 6.86. The largest absolute Gasteiger partial charge is 0.465 e. The number of aromatic nitrogens is 1. The summed E-state index contributed by atoms with van der Waals surface area (Å²) in [5.41, 5.74) is 1.18. The van der Waals surface area contributed by atoms with Crippen LogP contribution in [0.15, 0.2) is 57.5 Å². The van der Waals surface area contributed by atoms with Gasteiger partial charge in [0.1, 0.15) is 11.5 Å². The summed E-state index contributed by atoms with van der Waals surface area (Å²) in [6.45, 7) is 4.44. The highest BCUT2D eigenvalue weighted by Gasteiger charge is 2.27. The molecule has 1 aliphatic rings. The second kappa shape index (κ2) is 7.80. The molecule has 1 fully saturated rings. The quantitative estimate of drug-likeness (QED) is 0.719. The molecule has 1 atom stereocenters. The Morgan fingerprint density at radius 3 is 2.67 bits per heavy atom. The minimum atomic E-state index is -0.242. The molecule has 1 N–H and O–H groups in total. The molecule has 0 spiro atoms. The Morgan fingerprint density at radius 1 is 1.19 bits per heavy atom. The van der Waals surface area contributed by atoms with Crippen molar-refractivity contribution in [2.24, 2.45) is 0 Å². The van der Waals surface area contributed by atoms with Gasteiger partial charge in [0.2, 0.25) is 0 Å². The lowest BCUT2D eigenvalue weighted by molar-refractivity contribution is 0.0924. The molecule has 3 aromatic rings.